The molecule has 2 atom stereocenters. The van der Waals surface area contributed by atoms with Crippen molar-refractivity contribution in [3.05, 3.63) is 51.2 Å². The van der Waals surface area contributed by atoms with Crippen LogP contribution in [0.5, 0.6) is 5.75 Å². The van der Waals surface area contributed by atoms with Gasteiger partial charge in [0.15, 0.2) is 5.78 Å². The number of rotatable bonds is 7. The van der Waals surface area contributed by atoms with Crippen molar-refractivity contribution in [3.63, 3.8) is 0 Å². The summed E-state index contributed by atoms with van der Waals surface area (Å²) in [6.07, 6.45) is 2.98. The molecule has 1 aromatic heterocycles. The Balaban J connectivity index is 1.84. The van der Waals surface area contributed by atoms with E-state index in [4.69, 9.17) is 4.74 Å². The third-order valence-corrected chi connectivity index (χ3v) is 6.96. The number of phenols is 1. The Labute approximate surface area is 199 Å². The van der Waals surface area contributed by atoms with E-state index in [0.29, 0.717) is 4.88 Å². The number of hydrogen-bond acceptors (Lipinski definition) is 6. The molecule has 2 aromatic rings. The maximum absolute atomic E-state index is 13.5. The number of phenolic OH excluding ortho intramolecular Hbond substituents is 1. The highest BCUT2D eigenvalue weighted by Gasteiger charge is 2.32. The lowest BCUT2D eigenvalue weighted by Gasteiger charge is -2.32. The molecule has 1 aromatic carbocycles. The van der Waals surface area contributed by atoms with Crippen LogP contribution in [0.25, 0.3) is 0 Å². The van der Waals surface area contributed by atoms with Gasteiger partial charge in [0.05, 0.1) is 4.88 Å². The van der Waals surface area contributed by atoms with E-state index in [0.717, 1.165) is 36.0 Å². The van der Waals surface area contributed by atoms with Gasteiger partial charge in [-0.2, -0.15) is 0 Å². The molecular formula is C26H33NO5S. The number of aromatic hydroxyl groups is 1. The molecule has 0 radical (unpaired) electrons. The number of Topliss-reactive ketones (excluding diaryl/α,β-unsaturated/α-hetero) is 1. The summed E-state index contributed by atoms with van der Waals surface area (Å²) in [5.74, 6) is -0.335. The number of carbonyl (C=O) groups excluding carboxylic acids is 3. The van der Waals surface area contributed by atoms with Crippen molar-refractivity contribution >= 4 is 29.0 Å². The lowest BCUT2D eigenvalue weighted by atomic mass is 9.80. The average molecular weight is 472 g/mol. The summed E-state index contributed by atoms with van der Waals surface area (Å²) in [5.41, 5.74) is 2.33. The summed E-state index contributed by atoms with van der Waals surface area (Å²) >= 11 is 1.34. The predicted molar refractivity (Wildman–Crippen MR) is 129 cm³/mol. The van der Waals surface area contributed by atoms with E-state index in [1.54, 1.807) is 50.8 Å². The van der Waals surface area contributed by atoms with Crippen molar-refractivity contribution in [2.75, 3.05) is 0 Å². The molecule has 0 saturated heterocycles. The van der Waals surface area contributed by atoms with Crippen LogP contribution in [0.4, 0.5) is 0 Å². The lowest BCUT2D eigenvalue weighted by molar-refractivity contribution is -0.164. The quantitative estimate of drug-likeness (QED) is 0.442. The molecule has 0 saturated carbocycles. The number of ether oxygens (including phenoxy) is 1. The second kappa shape index (κ2) is 10.1. The van der Waals surface area contributed by atoms with Gasteiger partial charge in [0, 0.05) is 13.0 Å². The topological polar surface area (TPSA) is 83.9 Å². The summed E-state index contributed by atoms with van der Waals surface area (Å²) in [6, 6.07) is 6.37. The summed E-state index contributed by atoms with van der Waals surface area (Å²) in [7, 11) is 0. The van der Waals surface area contributed by atoms with Gasteiger partial charge < -0.3 is 14.7 Å². The fourth-order valence-corrected chi connectivity index (χ4v) is 5.04. The van der Waals surface area contributed by atoms with E-state index in [9.17, 15) is 19.5 Å². The molecule has 1 aliphatic carbocycles. The number of ketones is 1. The van der Waals surface area contributed by atoms with Gasteiger partial charge in [-0.05, 0) is 100 Å². The maximum atomic E-state index is 13.5. The van der Waals surface area contributed by atoms with Crippen LogP contribution in [0, 0.1) is 0 Å². The normalized spacial score (nSPS) is 16.6. The largest absolute Gasteiger partial charge is 0.508 e. The van der Waals surface area contributed by atoms with Crippen LogP contribution < -0.4 is 0 Å². The van der Waals surface area contributed by atoms with Gasteiger partial charge in [-0.25, -0.2) is 4.79 Å². The molecule has 1 unspecified atom stereocenters. The maximum Gasteiger partial charge on any atom is 0.329 e. The number of benzene rings is 1. The average Bonchev–Trinajstić information content (AvgIpc) is 3.19. The summed E-state index contributed by atoms with van der Waals surface area (Å²) in [5, 5.41) is 11.7. The first kappa shape index (κ1) is 25.0. The fraction of sp³-hybridized carbons (Fsp3) is 0.500. The van der Waals surface area contributed by atoms with Crippen molar-refractivity contribution in [2.45, 2.75) is 84.4 Å². The summed E-state index contributed by atoms with van der Waals surface area (Å²) < 4.78 is 5.56. The van der Waals surface area contributed by atoms with E-state index >= 15 is 0 Å². The van der Waals surface area contributed by atoms with Gasteiger partial charge in [0.2, 0.25) is 5.91 Å². The highest BCUT2D eigenvalue weighted by atomic mass is 32.1. The van der Waals surface area contributed by atoms with Gasteiger partial charge in [-0.3, -0.25) is 9.59 Å². The zero-order valence-electron chi connectivity index (χ0n) is 20.0. The van der Waals surface area contributed by atoms with Crippen molar-refractivity contribution in [3.8, 4) is 5.75 Å². The molecule has 0 spiro atoms. The van der Waals surface area contributed by atoms with Gasteiger partial charge in [-0.1, -0.05) is 6.07 Å². The van der Waals surface area contributed by atoms with Crippen molar-refractivity contribution < 1.29 is 24.2 Å². The molecule has 1 heterocycles. The molecular weight excluding hydrogens is 438 g/mol. The number of esters is 1. The Morgan fingerprint density at radius 2 is 1.97 bits per heavy atom. The SMILES string of the molecule is CC(=O)c1cc(CN(C(=O)CC2CCCc3cc(O)ccc32)[C@H](C)C(=O)OC(C)(C)C)cs1. The molecule has 3 rings (SSSR count). The van der Waals surface area contributed by atoms with Crippen LogP contribution in [0.15, 0.2) is 29.6 Å². The highest BCUT2D eigenvalue weighted by molar-refractivity contribution is 7.12. The second-order valence-corrected chi connectivity index (χ2v) is 10.7. The Kier molecular flexibility index (Phi) is 7.62. The first-order valence-corrected chi connectivity index (χ1v) is 12.2. The van der Waals surface area contributed by atoms with Crippen molar-refractivity contribution in [1.29, 1.82) is 0 Å². The van der Waals surface area contributed by atoms with Crippen LogP contribution in [0.3, 0.4) is 0 Å². The molecule has 178 valence electrons. The monoisotopic (exact) mass is 471 g/mol. The Hall–Kier alpha value is -2.67. The van der Waals surface area contributed by atoms with Crippen LogP contribution in [0.2, 0.25) is 0 Å². The molecule has 1 amide bonds. The van der Waals surface area contributed by atoms with Gasteiger partial charge in [0.1, 0.15) is 17.4 Å². The number of aryl methyl sites for hydroxylation is 1. The van der Waals surface area contributed by atoms with Gasteiger partial charge >= 0.3 is 5.97 Å². The van der Waals surface area contributed by atoms with Crippen molar-refractivity contribution in [1.82, 2.24) is 4.90 Å². The second-order valence-electron chi connectivity index (χ2n) is 9.78. The number of carbonyl (C=O) groups is 3. The Morgan fingerprint density at radius 1 is 1.24 bits per heavy atom. The third kappa shape index (κ3) is 6.44. The standard InChI is InChI=1S/C26H33NO5S/c1-16(25(31)32-26(3,4)5)27(14-18-11-23(17(2)28)33-15-18)24(30)13-20-8-6-7-19-12-21(29)9-10-22(19)20/h9-12,15-16,20,29H,6-8,13-14H2,1-5H3/t16-,20?/m1/s1. The summed E-state index contributed by atoms with van der Waals surface area (Å²) in [6.45, 7) is 8.85. The number of thiophene rings is 1. The molecule has 1 N–H and O–H groups in total. The van der Waals surface area contributed by atoms with E-state index in [2.05, 4.69) is 0 Å². The van der Waals surface area contributed by atoms with E-state index in [1.807, 2.05) is 11.4 Å². The van der Waals surface area contributed by atoms with E-state index in [-0.39, 0.29) is 36.3 Å². The van der Waals surface area contributed by atoms with Crippen LogP contribution in [0.1, 0.15) is 86.2 Å². The van der Waals surface area contributed by atoms with Gasteiger partial charge in [0.25, 0.3) is 0 Å². The molecule has 33 heavy (non-hydrogen) atoms. The molecule has 6 nitrogen and oxygen atoms in total. The smallest absolute Gasteiger partial charge is 0.329 e. The number of hydrogen-bond donors (Lipinski definition) is 1. The van der Waals surface area contributed by atoms with Crippen molar-refractivity contribution in [2.24, 2.45) is 0 Å². The number of fused-ring (bicyclic) bond motifs is 1. The molecule has 7 heteroatoms. The first-order valence-electron chi connectivity index (χ1n) is 11.4. The van der Waals surface area contributed by atoms with Gasteiger partial charge in [-0.15, -0.1) is 11.3 Å². The summed E-state index contributed by atoms with van der Waals surface area (Å²) in [4.78, 5) is 40.3. The Morgan fingerprint density at radius 3 is 2.61 bits per heavy atom. The van der Waals surface area contributed by atoms with Crippen LogP contribution >= 0.6 is 11.3 Å². The molecule has 0 bridgehead atoms. The Bertz CT molecular complexity index is 1040. The minimum absolute atomic E-state index is 0.0219. The van der Waals surface area contributed by atoms with Crippen LogP contribution in [-0.4, -0.2) is 39.3 Å². The highest BCUT2D eigenvalue weighted by Crippen LogP contribution is 2.36. The van der Waals surface area contributed by atoms with E-state index in [1.165, 1.54) is 18.3 Å². The number of amides is 1. The minimum atomic E-state index is -0.764. The molecule has 0 fully saturated rings. The lowest BCUT2D eigenvalue weighted by Crippen LogP contribution is -2.45. The third-order valence-electron chi connectivity index (χ3n) is 5.88. The zero-order chi connectivity index (χ0) is 24.3. The van der Waals surface area contributed by atoms with E-state index < -0.39 is 17.6 Å². The minimum Gasteiger partial charge on any atom is -0.508 e. The number of nitrogens with zero attached hydrogens (tertiary/aromatic N) is 1. The van der Waals surface area contributed by atoms with Crippen LogP contribution in [-0.2, 0) is 27.3 Å². The fourth-order valence-electron chi connectivity index (χ4n) is 4.24. The predicted octanol–water partition coefficient (Wildman–Crippen LogP) is 5.23. The first-order chi connectivity index (χ1) is 15.4. The molecule has 1 aliphatic rings. The molecule has 0 aliphatic heterocycles. The zero-order valence-corrected chi connectivity index (χ0v) is 20.8.